The molecule has 5 nitrogen and oxygen atoms in total. The monoisotopic (exact) mass is 289 g/mol. The molecule has 0 bridgehead atoms. The van der Waals surface area contributed by atoms with Crippen LogP contribution >= 0.6 is 0 Å². The molecule has 0 aliphatic carbocycles. The molecule has 0 aliphatic heterocycles. The maximum atomic E-state index is 11.6. The summed E-state index contributed by atoms with van der Waals surface area (Å²) in [5, 5.41) is 12.0. The van der Waals surface area contributed by atoms with Crippen LogP contribution in [-0.2, 0) is 17.8 Å². The van der Waals surface area contributed by atoms with Gasteiger partial charge < -0.3 is 19.6 Å². The number of aliphatic hydroxyl groups excluding tert-OH is 1. The maximum Gasteiger partial charge on any atom is 0.407 e. The van der Waals surface area contributed by atoms with Gasteiger partial charge in [-0.3, -0.25) is 0 Å². The van der Waals surface area contributed by atoms with Crippen molar-refractivity contribution in [1.29, 1.82) is 0 Å². The van der Waals surface area contributed by atoms with Crippen LogP contribution in [0, 0.1) is 5.92 Å². The lowest BCUT2D eigenvalue weighted by Gasteiger charge is -2.13. The normalized spacial score (nSPS) is 11.9. The molecule has 0 aliphatic rings. The van der Waals surface area contributed by atoms with Crippen molar-refractivity contribution in [2.24, 2.45) is 5.92 Å². The number of carbonyl (C=O) groups is 1. The molecule has 5 heteroatoms. The first-order valence-corrected chi connectivity index (χ1v) is 6.85. The fourth-order valence-electron chi connectivity index (χ4n) is 1.92. The Morgan fingerprint density at radius 1 is 1.24 bits per heavy atom. The van der Waals surface area contributed by atoms with Crippen molar-refractivity contribution >= 4 is 6.09 Å². The second-order valence-corrected chi connectivity index (χ2v) is 4.77. The molecular weight excluding hydrogens is 270 g/mol. The standard InChI is InChI=1S/C16H19NO4/c18-11-14(9-15-7-4-8-20-15)10-17-16(19)21-12-13-5-2-1-3-6-13/h1-8,14,18H,9-12H2,(H,17,19). The summed E-state index contributed by atoms with van der Waals surface area (Å²) in [6, 6.07) is 13.1. The van der Waals surface area contributed by atoms with Crippen molar-refractivity contribution in [2.45, 2.75) is 13.0 Å². The predicted octanol–water partition coefficient (Wildman–Crippen LogP) is 2.36. The minimum absolute atomic E-state index is 0.0281. The van der Waals surface area contributed by atoms with E-state index in [1.807, 2.05) is 36.4 Å². The van der Waals surface area contributed by atoms with Crippen molar-refractivity contribution in [1.82, 2.24) is 5.32 Å². The van der Waals surface area contributed by atoms with Crippen molar-refractivity contribution in [3.63, 3.8) is 0 Å². The first kappa shape index (κ1) is 15.1. The number of ether oxygens (including phenoxy) is 1. The van der Waals surface area contributed by atoms with Crippen molar-refractivity contribution in [3.8, 4) is 0 Å². The van der Waals surface area contributed by atoms with E-state index < -0.39 is 6.09 Å². The highest BCUT2D eigenvalue weighted by Crippen LogP contribution is 2.08. The summed E-state index contributed by atoms with van der Waals surface area (Å²) >= 11 is 0. The van der Waals surface area contributed by atoms with Crippen molar-refractivity contribution < 1.29 is 19.1 Å². The minimum Gasteiger partial charge on any atom is -0.469 e. The number of amides is 1. The zero-order valence-electron chi connectivity index (χ0n) is 11.7. The molecule has 2 N–H and O–H groups in total. The molecule has 112 valence electrons. The molecular formula is C16H19NO4. The molecule has 0 saturated carbocycles. The predicted molar refractivity (Wildman–Crippen MR) is 77.6 cm³/mol. The minimum atomic E-state index is -0.489. The van der Waals surface area contributed by atoms with Gasteiger partial charge in [0, 0.05) is 25.5 Å². The van der Waals surface area contributed by atoms with Crippen LogP contribution in [0.3, 0.4) is 0 Å². The number of hydrogen-bond acceptors (Lipinski definition) is 4. The van der Waals surface area contributed by atoms with E-state index in [0.29, 0.717) is 13.0 Å². The lowest BCUT2D eigenvalue weighted by atomic mass is 10.1. The zero-order chi connectivity index (χ0) is 14.9. The first-order chi connectivity index (χ1) is 10.3. The quantitative estimate of drug-likeness (QED) is 0.820. The van der Waals surface area contributed by atoms with E-state index in [1.165, 1.54) is 0 Å². The van der Waals surface area contributed by atoms with E-state index in [-0.39, 0.29) is 19.1 Å². The van der Waals surface area contributed by atoms with E-state index in [4.69, 9.17) is 9.15 Å². The molecule has 21 heavy (non-hydrogen) atoms. The number of rotatable bonds is 7. The molecule has 0 radical (unpaired) electrons. The summed E-state index contributed by atoms with van der Waals surface area (Å²) in [4.78, 5) is 11.6. The fourth-order valence-corrected chi connectivity index (χ4v) is 1.92. The van der Waals surface area contributed by atoms with Crippen LogP contribution in [0.15, 0.2) is 53.1 Å². The van der Waals surface area contributed by atoms with E-state index in [0.717, 1.165) is 11.3 Å². The van der Waals surface area contributed by atoms with Crippen LogP contribution in [0.25, 0.3) is 0 Å². The number of carbonyl (C=O) groups excluding carboxylic acids is 1. The number of furan rings is 1. The molecule has 2 aromatic rings. The number of hydrogen-bond donors (Lipinski definition) is 2. The van der Waals surface area contributed by atoms with Crippen LogP contribution in [0.4, 0.5) is 4.79 Å². The highest BCUT2D eigenvalue weighted by Gasteiger charge is 2.12. The maximum absolute atomic E-state index is 11.6. The highest BCUT2D eigenvalue weighted by molar-refractivity contribution is 5.67. The molecule has 1 atom stereocenters. The van der Waals surface area contributed by atoms with Gasteiger partial charge in [0.2, 0.25) is 0 Å². The molecule has 1 aromatic carbocycles. The Morgan fingerprint density at radius 2 is 2.05 bits per heavy atom. The van der Waals surface area contributed by atoms with Gasteiger partial charge in [-0.2, -0.15) is 0 Å². The van der Waals surface area contributed by atoms with Crippen LogP contribution in [0.1, 0.15) is 11.3 Å². The number of aliphatic hydroxyl groups is 1. The summed E-state index contributed by atoms with van der Waals surface area (Å²) in [5.41, 5.74) is 0.932. The van der Waals surface area contributed by atoms with Gasteiger partial charge in [0.15, 0.2) is 0 Å². The Hall–Kier alpha value is -2.27. The Labute approximate surface area is 123 Å². The van der Waals surface area contributed by atoms with E-state index in [9.17, 15) is 9.90 Å². The molecule has 1 amide bonds. The molecule has 2 rings (SSSR count). The summed E-state index contributed by atoms with van der Waals surface area (Å²) < 4.78 is 10.3. The Bertz CT molecular complexity index is 524. The molecule has 1 unspecified atom stereocenters. The van der Waals surface area contributed by atoms with Crippen LogP contribution in [0.5, 0.6) is 0 Å². The second kappa shape index (κ2) is 8.11. The topological polar surface area (TPSA) is 71.7 Å². The average Bonchev–Trinajstić information content (AvgIpc) is 3.03. The van der Waals surface area contributed by atoms with Gasteiger partial charge in [0.05, 0.1) is 6.26 Å². The van der Waals surface area contributed by atoms with E-state index >= 15 is 0 Å². The van der Waals surface area contributed by atoms with Gasteiger partial charge in [0.25, 0.3) is 0 Å². The molecule has 1 heterocycles. The van der Waals surface area contributed by atoms with Gasteiger partial charge in [0.1, 0.15) is 12.4 Å². The van der Waals surface area contributed by atoms with Crippen LogP contribution in [0.2, 0.25) is 0 Å². The third-order valence-corrected chi connectivity index (χ3v) is 3.08. The molecule has 0 saturated heterocycles. The number of alkyl carbamates (subject to hydrolysis) is 1. The van der Waals surface area contributed by atoms with E-state index in [1.54, 1.807) is 12.3 Å². The number of nitrogens with one attached hydrogen (secondary N) is 1. The Kier molecular flexibility index (Phi) is 5.84. The lowest BCUT2D eigenvalue weighted by Crippen LogP contribution is -2.32. The molecule has 0 fully saturated rings. The van der Waals surface area contributed by atoms with E-state index in [2.05, 4.69) is 5.32 Å². The van der Waals surface area contributed by atoms with Gasteiger partial charge in [-0.25, -0.2) is 4.79 Å². The van der Waals surface area contributed by atoms with Crippen molar-refractivity contribution in [3.05, 3.63) is 60.1 Å². The summed E-state index contributed by atoms with van der Waals surface area (Å²) in [6.45, 7) is 0.541. The summed E-state index contributed by atoms with van der Waals surface area (Å²) in [5.74, 6) is 0.689. The summed E-state index contributed by atoms with van der Waals surface area (Å²) in [6.07, 6.45) is 1.67. The second-order valence-electron chi connectivity index (χ2n) is 4.77. The van der Waals surface area contributed by atoms with Gasteiger partial charge in [-0.05, 0) is 17.7 Å². The summed E-state index contributed by atoms with van der Waals surface area (Å²) in [7, 11) is 0. The van der Waals surface area contributed by atoms with Crippen LogP contribution < -0.4 is 5.32 Å². The lowest BCUT2D eigenvalue weighted by molar-refractivity contribution is 0.134. The smallest absolute Gasteiger partial charge is 0.407 e. The SMILES string of the molecule is O=C(NCC(CO)Cc1ccco1)OCc1ccccc1. The first-order valence-electron chi connectivity index (χ1n) is 6.85. The third-order valence-electron chi connectivity index (χ3n) is 3.08. The van der Waals surface area contributed by atoms with Gasteiger partial charge >= 0.3 is 6.09 Å². The van der Waals surface area contributed by atoms with Crippen molar-refractivity contribution in [2.75, 3.05) is 13.2 Å². The highest BCUT2D eigenvalue weighted by atomic mass is 16.5. The third kappa shape index (κ3) is 5.31. The number of benzene rings is 1. The Balaban J connectivity index is 1.69. The fraction of sp³-hybridized carbons (Fsp3) is 0.312. The van der Waals surface area contributed by atoms with Gasteiger partial charge in [-0.15, -0.1) is 0 Å². The molecule has 1 aromatic heterocycles. The van der Waals surface area contributed by atoms with Gasteiger partial charge in [-0.1, -0.05) is 30.3 Å². The van der Waals surface area contributed by atoms with Crippen LogP contribution in [-0.4, -0.2) is 24.4 Å². The molecule has 0 spiro atoms. The Morgan fingerprint density at radius 3 is 2.71 bits per heavy atom. The average molecular weight is 289 g/mol. The zero-order valence-corrected chi connectivity index (χ0v) is 11.7. The largest absolute Gasteiger partial charge is 0.469 e.